The third-order valence-corrected chi connectivity index (χ3v) is 7.16. The fourth-order valence-corrected chi connectivity index (χ4v) is 5.32. The molecule has 0 bridgehead atoms. The molecule has 1 N–H and O–H groups in total. The van der Waals surface area contributed by atoms with Crippen molar-refractivity contribution in [1.82, 2.24) is 4.90 Å². The number of aliphatic carboxylic acids is 1. The molecule has 3 rings (SSSR count). The SMILES string of the molecule is C[C@H](CSC(=O)c1ccccc1)C(=O)N1C[C@@H](Sc2ccccc2)C[C@@H]1C(=O)O.[Ca+2].[H-].[H-]. The summed E-state index contributed by atoms with van der Waals surface area (Å²) >= 11 is 2.70. The van der Waals surface area contributed by atoms with Crippen LogP contribution < -0.4 is 0 Å². The molecule has 8 heteroatoms. The number of hydrogen-bond donors (Lipinski definition) is 1. The van der Waals surface area contributed by atoms with Crippen molar-refractivity contribution in [2.45, 2.75) is 29.5 Å². The molecule has 5 nitrogen and oxygen atoms in total. The molecule has 0 spiro atoms. The van der Waals surface area contributed by atoms with Crippen LogP contribution in [0.4, 0.5) is 0 Å². The first-order valence-corrected chi connectivity index (χ1v) is 11.3. The average molecular weight is 472 g/mol. The van der Waals surface area contributed by atoms with Crippen LogP contribution in [0.25, 0.3) is 0 Å². The van der Waals surface area contributed by atoms with Gasteiger partial charge in [0.2, 0.25) is 11.0 Å². The third-order valence-electron chi connectivity index (χ3n) is 4.77. The first kappa shape index (κ1) is 25.3. The summed E-state index contributed by atoms with van der Waals surface area (Å²) in [6.07, 6.45) is 0.420. The van der Waals surface area contributed by atoms with Crippen molar-refractivity contribution in [2.24, 2.45) is 5.92 Å². The number of benzene rings is 2. The Hall–Kier alpha value is -0.990. The van der Waals surface area contributed by atoms with Gasteiger partial charge in [-0.1, -0.05) is 67.2 Å². The number of carboxylic acids is 1. The van der Waals surface area contributed by atoms with Gasteiger partial charge < -0.3 is 12.9 Å². The molecule has 0 saturated carbocycles. The van der Waals surface area contributed by atoms with Crippen LogP contribution in [-0.4, -0.2) is 88.3 Å². The molecule has 0 aliphatic carbocycles. The Balaban J connectivity index is 0.00000320. The van der Waals surface area contributed by atoms with Gasteiger partial charge in [0, 0.05) is 33.9 Å². The smallest absolute Gasteiger partial charge is 1.00 e. The minimum absolute atomic E-state index is 0. The van der Waals surface area contributed by atoms with E-state index in [4.69, 9.17) is 0 Å². The van der Waals surface area contributed by atoms with Gasteiger partial charge in [-0.25, -0.2) is 4.79 Å². The zero-order chi connectivity index (χ0) is 20.8. The molecule has 0 unspecified atom stereocenters. The molecule has 156 valence electrons. The van der Waals surface area contributed by atoms with Gasteiger partial charge in [-0.2, -0.15) is 0 Å². The summed E-state index contributed by atoms with van der Waals surface area (Å²) in [5.41, 5.74) is 0.598. The van der Waals surface area contributed by atoms with Crippen molar-refractivity contribution in [3.05, 3.63) is 66.2 Å². The Morgan fingerprint density at radius 1 is 1.10 bits per heavy atom. The largest absolute Gasteiger partial charge is 2.00 e. The zero-order valence-electron chi connectivity index (χ0n) is 18.8. The second kappa shape index (κ2) is 12.1. The number of rotatable bonds is 7. The molecule has 1 aliphatic heterocycles. The van der Waals surface area contributed by atoms with E-state index < -0.39 is 17.9 Å². The molecule has 0 radical (unpaired) electrons. The van der Waals surface area contributed by atoms with E-state index in [9.17, 15) is 19.5 Å². The van der Waals surface area contributed by atoms with E-state index in [1.165, 1.54) is 4.90 Å². The van der Waals surface area contributed by atoms with Crippen LogP contribution in [-0.2, 0) is 9.59 Å². The van der Waals surface area contributed by atoms with E-state index in [-0.39, 0.29) is 56.9 Å². The van der Waals surface area contributed by atoms with E-state index in [1.807, 2.05) is 36.4 Å². The molecule has 2 aromatic carbocycles. The Morgan fingerprint density at radius 3 is 2.30 bits per heavy atom. The third kappa shape index (κ3) is 6.75. The average Bonchev–Trinajstić information content (AvgIpc) is 3.16. The second-order valence-corrected chi connectivity index (χ2v) is 9.37. The first-order chi connectivity index (χ1) is 14.0. The standard InChI is InChI=1S/C22H23NO4S2.Ca.2H/c1-15(14-28-22(27)16-8-4-2-5-9-16)20(24)23-13-18(12-19(23)21(25)26)29-17-10-6-3-7-11-17;;;/h2-11,15,18-19H,12-14H2,1H3,(H,25,26);;;/q;+2;2*-1/t15-,18+,19-;;;/m1.../s1. The second-order valence-electron chi connectivity index (χ2n) is 7.00. The van der Waals surface area contributed by atoms with Crippen molar-refractivity contribution in [2.75, 3.05) is 12.3 Å². The normalized spacial score (nSPS) is 19.0. The molecule has 1 amide bonds. The van der Waals surface area contributed by atoms with E-state index in [1.54, 1.807) is 43.0 Å². The number of nitrogens with zero attached hydrogens (tertiary/aromatic N) is 1. The van der Waals surface area contributed by atoms with Crippen molar-refractivity contribution in [3.8, 4) is 0 Å². The minimum atomic E-state index is -0.977. The fourth-order valence-electron chi connectivity index (χ4n) is 3.26. The maximum atomic E-state index is 12.9. The van der Waals surface area contributed by atoms with Gasteiger partial charge in [0.05, 0.1) is 0 Å². The summed E-state index contributed by atoms with van der Waals surface area (Å²) in [7, 11) is 0. The summed E-state index contributed by atoms with van der Waals surface area (Å²) in [6.45, 7) is 2.15. The van der Waals surface area contributed by atoms with Gasteiger partial charge >= 0.3 is 43.7 Å². The Labute approximate surface area is 218 Å². The number of thioether (sulfide) groups is 2. The summed E-state index contributed by atoms with van der Waals surface area (Å²) in [5, 5.41) is 9.55. The molecule has 0 aromatic heterocycles. The van der Waals surface area contributed by atoms with E-state index >= 15 is 0 Å². The van der Waals surface area contributed by atoms with Crippen LogP contribution in [0.5, 0.6) is 0 Å². The minimum Gasteiger partial charge on any atom is -1.00 e. The van der Waals surface area contributed by atoms with Crippen LogP contribution in [0.15, 0.2) is 65.6 Å². The van der Waals surface area contributed by atoms with Crippen molar-refractivity contribution >= 4 is 78.3 Å². The monoisotopic (exact) mass is 471 g/mol. The number of carbonyl (C=O) groups is 3. The number of carbonyl (C=O) groups excluding carboxylic acids is 2. The summed E-state index contributed by atoms with van der Waals surface area (Å²) < 4.78 is 0. The van der Waals surface area contributed by atoms with E-state index in [0.717, 1.165) is 16.7 Å². The molecule has 1 aliphatic rings. The molecule has 3 atom stereocenters. The maximum Gasteiger partial charge on any atom is 2.00 e. The number of likely N-dealkylation sites (tertiary alicyclic amines) is 1. The van der Waals surface area contributed by atoms with Crippen LogP contribution in [0, 0.1) is 5.92 Å². The number of amides is 1. The molecule has 2 aromatic rings. The topological polar surface area (TPSA) is 74.7 Å². The van der Waals surface area contributed by atoms with Gasteiger partial charge in [0.1, 0.15) is 6.04 Å². The Morgan fingerprint density at radius 2 is 1.70 bits per heavy atom. The summed E-state index contributed by atoms with van der Waals surface area (Å²) in [6, 6.07) is 17.9. The quantitative estimate of drug-likeness (QED) is 0.618. The first-order valence-electron chi connectivity index (χ1n) is 9.43. The maximum absolute atomic E-state index is 12.9. The van der Waals surface area contributed by atoms with E-state index in [0.29, 0.717) is 24.3 Å². The summed E-state index contributed by atoms with van der Waals surface area (Å²) in [5.74, 6) is -1.29. The van der Waals surface area contributed by atoms with Gasteiger partial charge in [-0.15, -0.1) is 11.8 Å². The van der Waals surface area contributed by atoms with Gasteiger partial charge in [-0.3, -0.25) is 9.59 Å². The Kier molecular flexibility index (Phi) is 10.2. The molecule has 30 heavy (non-hydrogen) atoms. The Bertz CT molecular complexity index is 877. The summed E-state index contributed by atoms with van der Waals surface area (Å²) in [4.78, 5) is 39.5. The van der Waals surface area contributed by atoms with Crippen LogP contribution in [0.3, 0.4) is 0 Å². The van der Waals surface area contributed by atoms with Crippen LogP contribution in [0.2, 0.25) is 0 Å². The molecule has 1 fully saturated rings. The van der Waals surface area contributed by atoms with Gasteiger partial charge in [-0.05, 0) is 18.6 Å². The predicted octanol–water partition coefficient (Wildman–Crippen LogP) is 3.89. The van der Waals surface area contributed by atoms with Crippen molar-refractivity contribution in [1.29, 1.82) is 0 Å². The molecular weight excluding hydrogens is 446 g/mol. The molecular formula is C22H25CaNO4S2. The zero-order valence-corrected chi connectivity index (χ0v) is 20.6. The van der Waals surface area contributed by atoms with Gasteiger partial charge in [0.25, 0.3) is 0 Å². The predicted molar refractivity (Wildman–Crippen MR) is 124 cm³/mol. The number of carboxylic acid groups (broad SMARTS) is 1. The van der Waals surface area contributed by atoms with Crippen LogP contribution in [0.1, 0.15) is 26.6 Å². The number of hydrogen-bond acceptors (Lipinski definition) is 5. The molecule has 1 saturated heterocycles. The van der Waals surface area contributed by atoms with Crippen LogP contribution >= 0.6 is 23.5 Å². The fraction of sp³-hybridized carbons (Fsp3) is 0.318. The van der Waals surface area contributed by atoms with E-state index in [2.05, 4.69) is 0 Å². The molecule has 1 heterocycles. The van der Waals surface area contributed by atoms with Crippen molar-refractivity contribution < 1.29 is 22.3 Å². The van der Waals surface area contributed by atoms with Gasteiger partial charge in [0.15, 0.2) is 0 Å². The van der Waals surface area contributed by atoms with Crippen molar-refractivity contribution in [3.63, 3.8) is 0 Å².